The smallest absolute Gasteiger partial charge is 0.169 e. The predicted molar refractivity (Wildman–Crippen MR) is 148 cm³/mol. The largest absolute Gasteiger partial charge is 0.337 e. The van der Waals surface area contributed by atoms with E-state index < -0.39 is 11.2 Å². The average molecular weight is 491 g/mol. The van der Waals surface area contributed by atoms with E-state index in [1.54, 1.807) is 0 Å². The van der Waals surface area contributed by atoms with Gasteiger partial charge in [0.05, 0.1) is 0 Å². The molecule has 0 fully saturated rings. The van der Waals surface area contributed by atoms with Crippen LogP contribution in [0.5, 0.6) is 11.5 Å². The van der Waals surface area contributed by atoms with Crippen LogP contribution in [-0.4, -0.2) is 11.2 Å². The highest BCUT2D eigenvalue weighted by molar-refractivity contribution is 5.78. The lowest BCUT2D eigenvalue weighted by atomic mass is 9.88. The van der Waals surface area contributed by atoms with Gasteiger partial charge in [-0.3, -0.25) is 0 Å². The molecule has 0 atom stereocenters. The van der Waals surface area contributed by atoms with E-state index in [0.29, 0.717) is 0 Å². The molecule has 0 saturated carbocycles. The van der Waals surface area contributed by atoms with Gasteiger partial charge in [0.25, 0.3) is 0 Å². The molecule has 0 aliphatic heterocycles. The van der Waals surface area contributed by atoms with Crippen molar-refractivity contribution in [2.75, 3.05) is 0 Å². The molecule has 0 aliphatic carbocycles. The summed E-state index contributed by atoms with van der Waals surface area (Å²) < 4.78 is 0. The maximum Gasteiger partial charge on any atom is 0.169 e. The molecule has 0 N–H and O–H groups in total. The molecule has 0 heterocycles. The van der Waals surface area contributed by atoms with Crippen molar-refractivity contribution in [1.29, 1.82) is 0 Å². The Morgan fingerprint density at radius 1 is 0.528 bits per heavy atom. The zero-order chi connectivity index (χ0) is 26.7. The molecule has 0 aliphatic rings. The third kappa shape index (κ3) is 7.11. The molecular weight excluding hydrogens is 448 g/mol. The average Bonchev–Trinajstić information content (AvgIpc) is 2.79. The van der Waals surface area contributed by atoms with Gasteiger partial charge in [0.1, 0.15) is 11.2 Å². The lowest BCUT2D eigenvalue weighted by molar-refractivity contribution is -0.275. The summed E-state index contributed by atoms with van der Waals surface area (Å²) in [7, 11) is 0. The fourth-order valence-corrected chi connectivity index (χ4v) is 4.12. The topological polar surface area (TPSA) is 36.9 Å². The quantitative estimate of drug-likeness (QED) is 0.233. The molecule has 0 radical (unpaired) electrons. The minimum Gasteiger partial charge on any atom is -0.337 e. The van der Waals surface area contributed by atoms with Gasteiger partial charge in [-0.25, -0.2) is 0 Å². The second-order valence-electron chi connectivity index (χ2n) is 11.9. The highest BCUT2D eigenvalue weighted by Gasteiger charge is 2.21. The molecular formula is C32H42O4. The highest BCUT2D eigenvalue weighted by atomic mass is 17.2. The Morgan fingerprint density at radius 2 is 0.889 bits per heavy atom. The van der Waals surface area contributed by atoms with Crippen LogP contribution in [0, 0.1) is 0 Å². The second-order valence-corrected chi connectivity index (χ2v) is 11.9. The molecule has 4 heteroatoms. The summed E-state index contributed by atoms with van der Waals surface area (Å²) in [6.45, 7) is 20.6. The summed E-state index contributed by atoms with van der Waals surface area (Å²) in [6.07, 6.45) is 0. The van der Waals surface area contributed by atoms with E-state index in [1.807, 2.05) is 65.8 Å². The summed E-state index contributed by atoms with van der Waals surface area (Å²) in [5.74, 6) is 2.00. The van der Waals surface area contributed by atoms with E-state index in [0.717, 1.165) is 44.9 Å². The summed E-state index contributed by atoms with van der Waals surface area (Å²) in [5.41, 5.74) is 5.97. The van der Waals surface area contributed by atoms with E-state index >= 15 is 0 Å². The Balaban J connectivity index is 2.08. The molecule has 36 heavy (non-hydrogen) atoms. The van der Waals surface area contributed by atoms with Crippen molar-refractivity contribution in [2.24, 2.45) is 0 Å². The molecule has 194 valence electrons. The summed E-state index contributed by atoms with van der Waals surface area (Å²) in [6, 6.07) is 20.9. The Kier molecular flexibility index (Phi) is 8.53. The van der Waals surface area contributed by atoms with Gasteiger partial charge in [0, 0.05) is 11.1 Å². The Morgan fingerprint density at radius 3 is 1.22 bits per heavy atom. The van der Waals surface area contributed by atoms with E-state index in [4.69, 9.17) is 19.6 Å². The Labute approximate surface area is 217 Å². The van der Waals surface area contributed by atoms with Gasteiger partial charge in [-0.2, -0.15) is 9.78 Å². The minimum atomic E-state index is -0.402. The van der Waals surface area contributed by atoms with Crippen LogP contribution in [0.4, 0.5) is 0 Å². The summed E-state index contributed by atoms with van der Waals surface area (Å²) >= 11 is 0. The molecule has 0 spiro atoms. The van der Waals surface area contributed by atoms with Crippen LogP contribution in [0.3, 0.4) is 0 Å². The van der Waals surface area contributed by atoms with Crippen LogP contribution in [0.1, 0.15) is 92.2 Å². The predicted octanol–water partition coefficient (Wildman–Crippen LogP) is 9.49. The number of rotatable bonds is 8. The molecule has 0 saturated heterocycles. The van der Waals surface area contributed by atoms with Crippen LogP contribution in [0.2, 0.25) is 0 Å². The third-order valence-electron chi connectivity index (χ3n) is 5.53. The van der Waals surface area contributed by atoms with Crippen molar-refractivity contribution in [3.05, 3.63) is 71.8 Å². The van der Waals surface area contributed by atoms with E-state index in [-0.39, 0.29) is 11.8 Å². The highest BCUT2D eigenvalue weighted by Crippen LogP contribution is 2.41. The normalized spacial score (nSPS) is 12.3. The molecule has 0 unspecified atom stereocenters. The first-order valence-corrected chi connectivity index (χ1v) is 12.8. The van der Waals surface area contributed by atoms with E-state index in [9.17, 15) is 0 Å². The van der Waals surface area contributed by atoms with Gasteiger partial charge in [-0.05, 0) is 93.8 Å². The first-order chi connectivity index (χ1) is 16.8. The third-order valence-corrected chi connectivity index (χ3v) is 5.53. The number of hydrogen-bond acceptors (Lipinski definition) is 4. The van der Waals surface area contributed by atoms with Gasteiger partial charge >= 0.3 is 0 Å². The molecule has 4 nitrogen and oxygen atoms in total. The Hall–Kier alpha value is -2.82. The SMILES string of the molecule is CC(C)c1c(OOC(C)(C)C)cccc1-c1cccc(-c2cccc(OOC(C)(C)C)c2C(C)C)c1. The minimum absolute atomic E-state index is 0.251. The molecule has 0 bridgehead atoms. The van der Waals surface area contributed by atoms with Crippen LogP contribution < -0.4 is 9.78 Å². The fraction of sp³-hybridized carbons (Fsp3) is 0.438. The van der Waals surface area contributed by atoms with Gasteiger partial charge in [-0.15, -0.1) is 0 Å². The maximum absolute atomic E-state index is 5.83. The molecule has 3 aromatic rings. The van der Waals surface area contributed by atoms with Gasteiger partial charge in [-0.1, -0.05) is 70.2 Å². The Bertz CT molecular complexity index is 1070. The van der Waals surface area contributed by atoms with Crippen molar-refractivity contribution in [2.45, 2.75) is 92.3 Å². The zero-order valence-electron chi connectivity index (χ0n) is 23.6. The van der Waals surface area contributed by atoms with Crippen LogP contribution >= 0.6 is 0 Å². The molecule has 3 rings (SSSR count). The number of benzene rings is 3. The van der Waals surface area contributed by atoms with E-state index in [2.05, 4.69) is 64.1 Å². The summed E-state index contributed by atoms with van der Waals surface area (Å²) in [5, 5.41) is 0. The molecule has 0 amide bonds. The van der Waals surface area contributed by atoms with Gasteiger partial charge in [0.2, 0.25) is 0 Å². The summed E-state index contributed by atoms with van der Waals surface area (Å²) in [4.78, 5) is 23.0. The first-order valence-electron chi connectivity index (χ1n) is 12.8. The van der Waals surface area contributed by atoms with Gasteiger partial charge in [0.15, 0.2) is 11.5 Å². The van der Waals surface area contributed by atoms with E-state index in [1.165, 1.54) is 0 Å². The van der Waals surface area contributed by atoms with Crippen molar-refractivity contribution in [1.82, 2.24) is 0 Å². The van der Waals surface area contributed by atoms with Crippen molar-refractivity contribution >= 4 is 0 Å². The molecule has 0 aromatic heterocycles. The van der Waals surface area contributed by atoms with Gasteiger partial charge < -0.3 is 9.78 Å². The first kappa shape index (κ1) is 27.8. The van der Waals surface area contributed by atoms with Crippen molar-refractivity contribution in [3.63, 3.8) is 0 Å². The van der Waals surface area contributed by atoms with Crippen molar-refractivity contribution < 1.29 is 19.6 Å². The maximum atomic E-state index is 5.83. The zero-order valence-corrected chi connectivity index (χ0v) is 23.6. The standard InChI is InChI=1S/C32H42O4/c1-21(2)29-25(16-12-18-27(29)33-35-31(5,6)7)23-14-11-15-24(20-23)26-17-13-19-28(30(26)22(3)4)34-36-32(8,9)10/h11-22H,1-10H3. The van der Waals surface area contributed by atoms with Crippen LogP contribution in [0.25, 0.3) is 22.3 Å². The monoisotopic (exact) mass is 490 g/mol. The fourth-order valence-electron chi connectivity index (χ4n) is 4.12. The van der Waals surface area contributed by atoms with Crippen LogP contribution in [-0.2, 0) is 9.78 Å². The number of hydrogen-bond donors (Lipinski definition) is 0. The van der Waals surface area contributed by atoms with Crippen molar-refractivity contribution in [3.8, 4) is 33.8 Å². The lowest BCUT2D eigenvalue weighted by Crippen LogP contribution is -2.21. The lowest BCUT2D eigenvalue weighted by Gasteiger charge is -2.23. The molecule has 3 aromatic carbocycles. The van der Waals surface area contributed by atoms with Crippen LogP contribution in [0.15, 0.2) is 60.7 Å². The second kappa shape index (κ2) is 11.1.